The second-order valence-corrected chi connectivity index (χ2v) is 4.96. The Labute approximate surface area is 119 Å². The van der Waals surface area contributed by atoms with Crippen LogP contribution in [-0.2, 0) is 16.1 Å². The number of nitrogens with two attached hydrogens (primary N) is 1. The van der Waals surface area contributed by atoms with Crippen molar-refractivity contribution in [2.24, 2.45) is 5.73 Å². The molecule has 1 aromatic rings. The number of amides is 1. The number of rotatable bonds is 5. The van der Waals surface area contributed by atoms with Crippen LogP contribution < -0.4 is 10.5 Å². The molecule has 2 rings (SSSR count). The molecular weight excluding hydrogens is 256 g/mol. The van der Waals surface area contributed by atoms with Gasteiger partial charge >= 0.3 is 0 Å². The van der Waals surface area contributed by atoms with E-state index in [1.807, 2.05) is 29.2 Å². The van der Waals surface area contributed by atoms with Gasteiger partial charge in [0, 0.05) is 26.7 Å². The zero-order valence-corrected chi connectivity index (χ0v) is 11.9. The topological polar surface area (TPSA) is 64.8 Å². The Morgan fingerprint density at radius 1 is 1.40 bits per heavy atom. The summed E-state index contributed by atoms with van der Waals surface area (Å²) in [6.07, 6.45) is 2.07. The Balaban J connectivity index is 1.80. The van der Waals surface area contributed by atoms with Gasteiger partial charge in [0.15, 0.2) is 6.61 Å². The Morgan fingerprint density at radius 2 is 2.15 bits per heavy atom. The van der Waals surface area contributed by atoms with E-state index < -0.39 is 0 Å². The Kier molecular flexibility index (Phi) is 5.38. The molecule has 1 aliphatic rings. The molecule has 1 aromatic carbocycles. The van der Waals surface area contributed by atoms with Crippen molar-refractivity contribution in [1.29, 1.82) is 0 Å². The minimum Gasteiger partial charge on any atom is -0.484 e. The number of nitrogens with zero attached hydrogens (tertiary/aromatic N) is 1. The van der Waals surface area contributed by atoms with Gasteiger partial charge in [-0.25, -0.2) is 0 Å². The molecule has 1 saturated heterocycles. The van der Waals surface area contributed by atoms with E-state index in [0.717, 1.165) is 31.5 Å². The molecule has 0 unspecified atom stereocenters. The van der Waals surface area contributed by atoms with Crippen LogP contribution in [0.5, 0.6) is 5.75 Å². The number of likely N-dealkylation sites (tertiary alicyclic amines) is 1. The Morgan fingerprint density at radius 3 is 2.80 bits per heavy atom. The molecule has 0 aliphatic carbocycles. The number of piperidine rings is 1. The molecule has 0 radical (unpaired) electrons. The number of carbonyl (C=O) groups is 1. The van der Waals surface area contributed by atoms with E-state index in [9.17, 15) is 4.79 Å². The van der Waals surface area contributed by atoms with Crippen LogP contribution in [0.15, 0.2) is 24.3 Å². The first kappa shape index (κ1) is 14.8. The van der Waals surface area contributed by atoms with Gasteiger partial charge < -0.3 is 20.1 Å². The second kappa shape index (κ2) is 7.26. The van der Waals surface area contributed by atoms with E-state index in [1.54, 1.807) is 7.11 Å². The predicted molar refractivity (Wildman–Crippen MR) is 76.4 cm³/mol. The summed E-state index contributed by atoms with van der Waals surface area (Å²) in [6, 6.07) is 7.52. The van der Waals surface area contributed by atoms with Gasteiger partial charge in [0.25, 0.3) is 5.91 Å². The SMILES string of the molecule is COC1CCN(C(=O)COc2cccc(CN)c2)CC1. The lowest BCUT2D eigenvalue weighted by molar-refractivity contribution is -0.135. The van der Waals surface area contributed by atoms with E-state index in [4.69, 9.17) is 15.2 Å². The minimum atomic E-state index is 0.0257. The van der Waals surface area contributed by atoms with Crippen molar-refractivity contribution in [3.63, 3.8) is 0 Å². The first-order valence-electron chi connectivity index (χ1n) is 6.95. The molecule has 1 heterocycles. The van der Waals surface area contributed by atoms with E-state index in [1.165, 1.54) is 0 Å². The van der Waals surface area contributed by atoms with Gasteiger partial charge in [-0.15, -0.1) is 0 Å². The highest BCUT2D eigenvalue weighted by atomic mass is 16.5. The van der Waals surface area contributed by atoms with Crippen LogP contribution in [0, 0.1) is 0 Å². The molecule has 1 fully saturated rings. The molecular formula is C15H22N2O3. The maximum atomic E-state index is 12.1. The lowest BCUT2D eigenvalue weighted by Gasteiger charge is -2.31. The standard InChI is InChI=1S/C15H22N2O3/c1-19-13-5-7-17(8-6-13)15(18)11-20-14-4-2-3-12(9-14)10-16/h2-4,9,13H,5-8,10-11,16H2,1H3. The summed E-state index contributed by atoms with van der Waals surface area (Å²) in [5.74, 6) is 0.714. The molecule has 0 spiro atoms. The quantitative estimate of drug-likeness (QED) is 0.878. The molecule has 5 nitrogen and oxygen atoms in total. The van der Waals surface area contributed by atoms with Crippen molar-refractivity contribution < 1.29 is 14.3 Å². The highest BCUT2D eigenvalue weighted by Gasteiger charge is 2.22. The molecule has 0 bridgehead atoms. The summed E-state index contributed by atoms with van der Waals surface area (Å²) in [6.45, 7) is 2.02. The highest BCUT2D eigenvalue weighted by molar-refractivity contribution is 5.77. The van der Waals surface area contributed by atoms with Gasteiger partial charge in [-0.3, -0.25) is 4.79 Å². The molecule has 110 valence electrons. The fraction of sp³-hybridized carbons (Fsp3) is 0.533. The fourth-order valence-electron chi connectivity index (χ4n) is 2.34. The number of ether oxygens (including phenoxy) is 2. The van der Waals surface area contributed by atoms with Crippen molar-refractivity contribution in [3.05, 3.63) is 29.8 Å². The van der Waals surface area contributed by atoms with Crippen molar-refractivity contribution in [1.82, 2.24) is 4.90 Å². The smallest absolute Gasteiger partial charge is 0.260 e. The molecule has 20 heavy (non-hydrogen) atoms. The van der Waals surface area contributed by atoms with Crippen LogP contribution >= 0.6 is 0 Å². The van der Waals surface area contributed by atoms with Crippen LogP contribution in [0.25, 0.3) is 0 Å². The van der Waals surface area contributed by atoms with Gasteiger partial charge in [0.1, 0.15) is 5.75 Å². The number of carbonyl (C=O) groups excluding carboxylic acids is 1. The monoisotopic (exact) mass is 278 g/mol. The average Bonchev–Trinajstić information content (AvgIpc) is 2.53. The second-order valence-electron chi connectivity index (χ2n) is 4.96. The largest absolute Gasteiger partial charge is 0.484 e. The van der Waals surface area contributed by atoms with E-state index in [0.29, 0.717) is 12.3 Å². The first-order valence-corrected chi connectivity index (χ1v) is 6.95. The molecule has 2 N–H and O–H groups in total. The van der Waals surface area contributed by atoms with Gasteiger partial charge in [-0.2, -0.15) is 0 Å². The average molecular weight is 278 g/mol. The van der Waals surface area contributed by atoms with E-state index in [-0.39, 0.29) is 18.6 Å². The Bertz CT molecular complexity index is 442. The third kappa shape index (κ3) is 3.95. The minimum absolute atomic E-state index is 0.0257. The van der Waals surface area contributed by atoms with Gasteiger partial charge in [-0.1, -0.05) is 12.1 Å². The van der Waals surface area contributed by atoms with Crippen LogP contribution in [0.3, 0.4) is 0 Å². The maximum Gasteiger partial charge on any atom is 0.260 e. The van der Waals surface area contributed by atoms with E-state index in [2.05, 4.69) is 0 Å². The Hall–Kier alpha value is -1.59. The summed E-state index contributed by atoms with van der Waals surface area (Å²) in [5.41, 5.74) is 6.57. The first-order chi connectivity index (χ1) is 9.72. The molecule has 5 heteroatoms. The van der Waals surface area contributed by atoms with Crippen molar-refractivity contribution in [3.8, 4) is 5.75 Å². The number of benzene rings is 1. The zero-order valence-electron chi connectivity index (χ0n) is 11.9. The fourth-order valence-corrected chi connectivity index (χ4v) is 2.34. The van der Waals surface area contributed by atoms with Crippen LogP contribution in [0.1, 0.15) is 18.4 Å². The molecule has 1 aliphatic heterocycles. The molecule has 1 amide bonds. The number of hydrogen-bond acceptors (Lipinski definition) is 4. The van der Waals surface area contributed by atoms with Crippen LogP contribution in [0.2, 0.25) is 0 Å². The summed E-state index contributed by atoms with van der Waals surface area (Å²) in [4.78, 5) is 13.9. The van der Waals surface area contributed by atoms with Crippen molar-refractivity contribution >= 4 is 5.91 Å². The van der Waals surface area contributed by atoms with Gasteiger partial charge in [0.05, 0.1) is 6.10 Å². The summed E-state index contributed by atoms with van der Waals surface area (Å²) in [7, 11) is 1.72. The third-order valence-corrected chi connectivity index (χ3v) is 3.62. The number of hydrogen-bond donors (Lipinski definition) is 1. The van der Waals surface area contributed by atoms with E-state index >= 15 is 0 Å². The zero-order chi connectivity index (χ0) is 14.4. The molecule has 0 aromatic heterocycles. The van der Waals surface area contributed by atoms with Gasteiger partial charge in [0.2, 0.25) is 0 Å². The van der Waals surface area contributed by atoms with Crippen molar-refractivity contribution in [2.45, 2.75) is 25.5 Å². The summed E-state index contributed by atoms with van der Waals surface area (Å²) < 4.78 is 10.8. The maximum absolute atomic E-state index is 12.1. The van der Waals surface area contributed by atoms with Crippen LogP contribution in [-0.4, -0.2) is 43.7 Å². The van der Waals surface area contributed by atoms with Gasteiger partial charge in [-0.05, 0) is 30.5 Å². The van der Waals surface area contributed by atoms with Crippen molar-refractivity contribution in [2.75, 3.05) is 26.8 Å². The highest BCUT2D eigenvalue weighted by Crippen LogP contribution is 2.15. The summed E-state index contributed by atoms with van der Waals surface area (Å²) in [5, 5.41) is 0. The molecule has 0 saturated carbocycles. The number of methoxy groups -OCH3 is 1. The lowest BCUT2D eigenvalue weighted by Crippen LogP contribution is -2.42. The van der Waals surface area contributed by atoms with Crippen LogP contribution in [0.4, 0.5) is 0 Å². The normalized spacial score (nSPS) is 16.2. The molecule has 0 atom stereocenters. The third-order valence-electron chi connectivity index (χ3n) is 3.62. The lowest BCUT2D eigenvalue weighted by atomic mass is 10.1. The summed E-state index contributed by atoms with van der Waals surface area (Å²) >= 11 is 0. The predicted octanol–water partition coefficient (Wildman–Crippen LogP) is 1.16.